The monoisotopic (exact) mass is 242 g/mol. The molecule has 1 atom stereocenters. The van der Waals surface area contributed by atoms with Crippen molar-refractivity contribution in [1.82, 2.24) is 0 Å². The predicted octanol–water partition coefficient (Wildman–Crippen LogP) is 2.64. The SMILES string of the molecule is CC1=NC(c2ccccc2)C(N)=C1C(=O)C(C)C. The number of aliphatic imine (C=N–C) groups is 1. The van der Waals surface area contributed by atoms with E-state index in [9.17, 15) is 4.79 Å². The Morgan fingerprint density at radius 1 is 1.28 bits per heavy atom. The first-order valence-corrected chi connectivity index (χ1v) is 6.16. The fourth-order valence-corrected chi connectivity index (χ4v) is 2.17. The highest BCUT2D eigenvalue weighted by Gasteiger charge is 2.30. The van der Waals surface area contributed by atoms with E-state index >= 15 is 0 Å². The normalized spacial score (nSPS) is 19.3. The van der Waals surface area contributed by atoms with Crippen molar-refractivity contribution in [3.05, 3.63) is 47.2 Å². The molecule has 0 aliphatic carbocycles. The molecular weight excluding hydrogens is 224 g/mol. The quantitative estimate of drug-likeness (QED) is 0.885. The summed E-state index contributed by atoms with van der Waals surface area (Å²) >= 11 is 0. The number of hydrogen-bond acceptors (Lipinski definition) is 3. The molecule has 1 aromatic carbocycles. The van der Waals surface area contributed by atoms with Crippen molar-refractivity contribution < 1.29 is 4.79 Å². The average molecular weight is 242 g/mol. The van der Waals surface area contributed by atoms with Crippen LogP contribution in [-0.4, -0.2) is 11.5 Å². The molecule has 0 spiro atoms. The van der Waals surface area contributed by atoms with Gasteiger partial charge in [-0.25, -0.2) is 0 Å². The molecule has 94 valence electrons. The van der Waals surface area contributed by atoms with E-state index in [1.807, 2.05) is 51.1 Å². The smallest absolute Gasteiger partial charge is 0.169 e. The highest BCUT2D eigenvalue weighted by Crippen LogP contribution is 2.32. The molecule has 1 aromatic rings. The third-order valence-corrected chi connectivity index (χ3v) is 3.15. The molecule has 0 saturated heterocycles. The Labute approximate surface area is 107 Å². The summed E-state index contributed by atoms with van der Waals surface area (Å²) in [4.78, 5) is 16.6. The highest BCUT2D eigenvalue weighted by molar-refractivity contribution is 6.23. The van der Waals surface area contributed by atoms with Crippen LogP contribution in [0.4, 0.5) is 0 Å². The van der Waals surface area contributed by atoms with Gasteiger partial charge in [0, 0.05) is 11.6 Å². The van der Waals surface area contributed by atoms with Crippen LogP contribution in [0.25, 0.3) is 0 Å². The number of nitrogens with zero attached hydrogens (tertiary/aromatic N) is 1. The van der Waals surface area contributed by atoms with Gasteiger partial charge in [-0.3, -0.25) is 9.79 Å². The summed E-state index contributed by atoms with van der Waals surface area (Å²) in [6.45, 7) is 5.61. The minimum absolute atomic E-state index is 0.0572. The molecule has 1 unspecified atom stereocenters. The van der Waals surface area contributed by atoms with E-state index in [2.05, 4.69) is 4.99 Å². The second-order valence-corrected chi connectivity index (χ2v) is 4.88. The van der Waals surface area contributed by atoms with Crippen LogP contribution in [-0.2, 0) is 4.79 Å². The first-order chi connectivity index (χ1) is 8.52. The molecule has 18 heavy (non-hydrogen) atoms. The molecule has 2 N–H and O–H groups in total. The number of carbonyl (C=O) groups is 1. The van der Waals surface area contributed by atoms with Crippen LogP contribution in [0.5, 0.6) is 0 Å². The average Bonchev–Trinajstić information content (AvgIpc) is 2.65. The Balaban J connectivity index is 2.42. The maximum atomic E-state index is 12.1. The standard InChI is InChI=1S/C15H18N2O/c1-9(2)15(18)12-10(3)17-14(13(12)16)11-7-5-4-6-8-11/h4-9,14H,16H2,1-3H3. The number of carbonyl (C=O) groups excluding carboxylic acids is 1. The summed E-state index contributed by atoms with van der Waals surface area (Å²) < 4.78 is 0. The molecule has 0 radical (unpaired) electrons. The van der Waals surface area contributed by atoms with Crippen LogP contribution >= 0.6 is 0 Å². The first-order valence-electron chi connectivity index (χ1n) is 6.16. The molecule has 1 aliphatic heterocycles. The Hall–Kier alpha value is -1.90. The molecule has 0 amide bonds. The van der Waals surface area contributed by atoms with Crippen molar-refractivity contribution in [1.29, 1.82) is 0 Å². The third-order valence-electron chi connectivity index (χ3n) is 3.15. The fraction of sp³-hybridized carbons (Fsp3) is 0.333. The van der Waals surface area contributed by atoms with Crippen LogP contribution in [0, 0.1) is 5.92 Å². The molecule has 3 heteroatoms. The molecule has 2 rings (SSSR count). The zero-order chi connectivity index (χ0) is 13.3. The van der Waals surface area contributed by atoms with Crippen molar-refractivity contribution in [2.45, 2.75) is 26.8 Å². The second-order valence-electron chi connectivity index (χ2n) is 4.88. The zero-order valence-corrected chi connectivity index (χ0v) is 11.0. The lowest BCUT2D eigenvalue weighted by Gasteiger charge is -2.10. The fourth-order valence-electron chi connectivity index (χ4n) is 2.17. The van der Waals surface area contributed by atoms with Gasteiger partial charge in [-0.2, -0.15) is 0 Å². The lowest BCUT2D eigenvalue weighted by Crippen LogP contribution is -2.18. The maximum Gasteiger partial charge on any atom is 0.169 e. The van der Waals surface area contributed by atoms with Crippen LogP contribution in [0.1, 0.15) is 32.4 Å². The van der Waals surface area contributed by atoms with Gasteiger partial charge in [0.15, 0.2) is 5.78 Å². The lowest BCUT2D eigenvalue weighted by molar-refractivity contribution is -0.117. The van der Waals surface area contributed by atoms with E-state index in [1.165, 1.54) is 0 Å². The van der Waals surface area contributed by atoms with E-state index in [-0.39, 0.29) is 17.7 Å². The van der Waals surface area contributed by atoms with E-state index in [1.54, 1.807) is 0 Å². The number of Topliss-reactive ketones (excluding diaryl/α,β-unsaturated/α-hetero) is 1. The Bertz CT molecular complexity index is 527. The van der Waals surface area contributed by atoms with Gasteiger partial charge in [-0.15, -0.1) is 0 Å². The van der Waals surface area contributed by atoms with Crippen molar-refractivity contribution in [3.8, 4) is 0 Å². The van der Waals surface area contributed by atoms with E-state index in [0.717, 1.165) is 11.3 Å². The largest absolute Gasteiger partial charge is 0.399 e. The summed E-state index contributed by atoms with van der Waals surface area (Å²) in [7, 11) is 0. The minimum atomic E-state index is -0.205. The lowest BCUT2D eigenvalue weighted by atomic mass is 9.95. The predicted molar refractivity (Wildman–Crippen MR) is 73.4 cm³/mol. The Kier molecular flexibility index (Phi) is 3.32. The van der Waals surface area contributed by atoms with Crippen molar-refractivity contribution in [3.63, 3.8) is 0 Å². The Morgan fingerprint density at radius 3 is 2.44 bits per heavy atom. The van der Waals surface area contributed by atoms with Crippen LogP contribution < -0.4 is 5.73 Å². The van der Waals surface area contributed by atoms with Crippen LogP contribution in [0.15, 0.2) is 46.6 Å². The number of nitrogens with two attached hydrogens (primary N) is 1. The van der Waals surface area contributed by atoms with Crippen molar-refractivity contribution in [2.75, 3.05) is 0 Å². The van der Waals surface area contributed by atoms with Crippen molar-refractivity contribution >= 4 is 11.5 Å². The number of hydrogen-bond donors (Lipinski definition) is 1. The summed E-state index contributed by atoms with van der Waals surface area (Å²) in [5.74, 6) is 0.0189. The molecule has 0 bridgehead atoms. The van der Waals surface area contributed by atoms with Gasteiger partial charge in [0.25, 0.3) is 0 Å². The Morgan fingerprint density at radius 2 is 1.89 bits per heavy atom. The second kappa shape index (κ2) is 4.77. The van der Waals surface area contributed by atoms with Gasteiger partial charge in [-0.05, 0) is 12.5 Å². The van der Waals surface area contributed by atoms with Gasteiger partial charge in [0.2, 0.25) is 0 Å². The van der Waals surface area contributed by atoms with Gasteiger partial charge >= 0.3 is 0 Å². The summed E-state index contributed by atoms with van der Waals surface area (Å²) in [6.07, 6.45) is 0. The van der Waals surface area contributed by atoms with Crippen molar-refractivity contribution in [2.24, 2.45) is 16.6 Å². The van der Waals surface area contributed by atoms with E-state index < -0.39 is 0 Å². The minimum Gasteiger partial charge on any atom is -0.399 e. The molecule has 1 aliphatic rings. The zero-order valence-electron chi connectivity index (χ0n) is 11.0. The first kappa shape index (κ1) is 12.6. The van der Waals surface area contributed by atoms with Crippen LogP contribution in [0.3, 0.4) is 0 Å². The molecule has 1 heterocycles. The maximum absolute atomic E-state index is 12.1. The van der Waals surface area contributed by atoms with E-state index in [0.29, 0.717) is 11.3 Å². The summed E-state index contributed by atoms with van der Waals surface area (Å²) in [5.41, 5.74) is 9.10. The molecular formula is C15H18N2O. The number of ketones is 1. The topological polar surface area (TPSA) is 55.4 Å². The van der Waals surface area contributed by atoms with E-state index in [4.69, 9.17) is 5.73 Å². The van der Waals surface area contributed by atoms with Gasteiger partial charge in [-0.1, -0.05) is 44.2 Å². The summed E-state index contributed by atoms with van der Waals surface area (Å²) in [5, 5.41) is 0. The van der Waals surface area contributed by atoms with Crippen LogP contribution in [0.2, 0.25) is 0 Å². The van der Waals surface area contributed by atoms with Gasteiger partial charge in [0.1, 0.15) is 6.04 Å². The summed E-state index contributed by atoms with van der Waals surface area (Å²) in [6, 6.07) is 9.62. The molecule has 0 saturated carbocycles. The number of benzene rings is 1. The molecule has 0 fully saturated rings. The van der Waals surface area contributed by atoms with Gasteiger partial charge < -0.3 is 5.73 Å². The molecule has 0 aromatic heterocycles. The number of rotatable bonds is 3. The molecule has 3 nitrogen and oxygen atoms in total. The van der Waals surface area contributed by atoms with Gasteiger partial charge in [0.05, 0.1) is 11.3 Å². The number of allylic oxidation sites excluding steroid dienone is 1. The highest BCUT2D eigenvalue weighted by atomic mass is 16.1. The third kappa shape index (κ3) is 2.08.